The van der Waals surface area contributed by atoms with Crippen LogP contribution in [0.3, 0.4) is 0 Å². The Labute approximate surface area is 168 Å². The van der Waals surface area contributed by atoms with Gasteiger partial charge in [-0.05, 0) is 50.1 Å². The van der Waals surface area contributed by atoms with Crippen molar-refractivity contribution in [1.29, 1.82) is 0 Å². The van der Waals surface area contributed by atoms with Gasteiger partial charge in [0.1, 0.15) is 0 Å². The summed E-state index contributed by atoms with van der Waals surface area (Å²) in [5.41, 5.74) is 4.25. The molecular weight excluding hydrogens is 352 g/mol. The highest BCUT2D eigenvalue weighted by molar-refractivity contribution is 5.91. The molecule has 1 heterocycles. The number of benzene rings is 1. The fourth-order valence-electron chi connectivity index (χ4n) is 4.90. The summed E-state index contributed by atoms with van der Waals surface area (Å²) in [5, 5.41) is 8.68. The topological polar surface area (TPSA) is 59.0 Å². The Kier molecular flexibility index (Phi) is 7.10. The molecule has 2 aliphatic rings. The molecule has 28 heavy (non-hydrogen) atoms. The number of rotatable bonds is 7. The van der Waals surface area contributed by atoms with E-state index in [9.17, 15) is 4.79 Å². The molecule has 0 radical (unpaired) electrons. The summed E-state index contributed by atoms with van der Waals surface area (Å²) in [6.07, 6.45) is 8.57. The predicted molar refractivity (Wildman–Crippen MR) is 114 cm³/mol. The van der Waals surface area contributed by atoms with E-state index in [0.717, 1.165) is 37.4 Å². The number of carbonyl (C=O) groups is 1. The molecule has 1 aliphatic heterocycles. The van der Waals surface area contributed by atoms with Crippen molar-refractivity contribution in [1.82, 2.24) is 15.3 Å². The van der Waals surface area contributed by atoms with Crippen molar-refractivity contribution >= 4 is 17.7 Å². The van der Waals surface area contributed by atoms with Crippen molar-refractivity contribution in [2.24, 2.45) is 5.41 Å². The highest BCUT2D eigenvalue weighted by Gasteiger charge is 2.36. The van der Waals surface area contributed by atoms with Crippen LogP contribution in [0.15, 0.2) is 30.3 Å². The summed E-state index contributed by atoms with van der Waals surface area (Å²) in [6.45, 7) is 6.53. The van der Waals surface area contributed by atoms with Crippen LogP contribution in [0.1, 0.15) is 31.2 Å². The van der Waals surface area contributed by atoms with Gasteiger partial charge in [-0.1, -0.05) is 31.0 Å². The highest BCUT2D eigenvalue weighted by Crippen LogP contribution is 2.39. The van der Waals surface area contributed by atoms with Crippen LogP contribution in [-0.2, 0) is 4.79 Å². The van der Waals surface area contributed by atoms with Gasteiger partial charge >= 0.3 is 0 Å². The summed E-state index contributed by atoms with van der Waals surface area (Å²) in [5.74, 6) is -0.512. The molecule has 1 aromatic rings. The zero-order valence-corrected chi connectivity index (χ0v) is 17.2. The molecular formula is C22H34N4O2. The number of nitrogens with one attached hydrogen (secondary N) is 1. The fourth-order valence-corrected chi connectivity index (χ4v) is 4.90. The summed E-state index contributed by atoms with van der Waals surface area (Å²) < 4.78 is 0. The molecule has 0 aromatic heterocycles. The minimum atomic E-state index is -0.512. The van der Waals surface area contributed by atoms with Gasteiger partial charge in [0, 0.05) is 51.0 Å². The minimum Gasteiger partial charge on any atom is -0.368 e. The van der Waals surface area contributed by atoms with E-state index < -0.39 is 5.91 Å². The molecule has 2 N–H and O–H groups in total. The largest absolute Gasteiger partial charge is 0.368 e. The molecule has 154 valence electrons. The molecule has 0 spiro atoms. The quantitative estimate of drug-likeness (QED) is 0.428. The Balaban J connectivity index is 1.61. The number of hydrogen-bond donors (Lipinski definition) is 2. The number of para-hydroxylation sites is 1. The first-order valence-electron chi connectivity index (χ1n) is 10.3. The lowest BCUT2D eigenvalue weighted by Crippen LogP contribution is -2.51. The molecule has 0 unspecified atom stereocenters. The van der Waals surface area contributed by atoms with Crippen molar-refractivity contribution in [3.05, 3.63) is 35.9 Å². The van der Waals surface area contributed by atoms with Crippen molar-refractivity contribution in [2.45, 2.75) is 25.7 Å². The third-order valence-electron chi connectivity index (χ3n) is 6.05. The molecule has 1 aliphatic carbocycles. The van der Waals surface area contributed by atoms with Gasteiger partial charge in [-0.2, -0.15) is 0 Å². The Morgan fingerprint density at radius 3 is 2.50 bits per heavy atom. The van der Waals surface area contributed by atoms with E-state index >= 15 is 0 Å². The first kappa shape index (κ1) is 20.8. The number of hydroxylamine groups is 1. The second-order valence-corrected chi connectivity index (χ2v) is 8.58. The molecule has 3 rings (SSSR count). The molecule has 1 saturated carbocycles. The van der Waals surface area contributed by atoms with Gasteiger partial charge in [0.2, 0.25) is 0 Å². The van der Waals surface area contributed by atoms with Gasteiger partial charge < -0.3 is 9.80 Å². The average Bonchev–Trinajstić information content (AvgIpc) is 3.14. The second kappa shape index (κ2) is 9.54. The van der Waals surface area contributed by atoms with E-state index in [-0.39, 0.29) is 0 Å². The maximum atomic E-state index is 11.3. The van der Waals surface area contributed by atoms with Crippen molar-refractivity contribution < 1.29 is 10.0 Å². The standard InChI is InChI=1S/C22H34N4O2/c1-24(2)17-22(11-5-6-12-22)18-25-13-15-26(16-14-25)20-8-4-3-7-19(20)9-10-21(27)23-28/h3-4,7-10,28H,5-6,11-18H2,1-2H3,(H,23,27). The van der Waals surface area contributed by atoms with Crippen LogP contribution < -0.4 is 10.4 Å². The summed E-state index contributed by atoms with van der Waals surface area (Å²) in [7, 11) is 4.39. The third-order valence-corrected chi connectivity index (χ3v) is 6.05. The van der Waals surface area contributed by atoms with Gasteiger partial charge in [-0.3, -0.25) is 14.9 Å². The van der Waals surface area contributed by atoms with E-state index in [2.05, 4.69) is 34.9 Å². The molecule has 1 saturated heterocycles. The van der Waals surface area contributed by atoms with Gasteiger partial charge in [0.25, 0.3) is 5.91 Å². The fraction of sp³-hybridized carbons (Fsp3) is 0.591. The maximum Gasteiger partial charge on any atom is 0.267 e. The second-order valence-electron chi connectivity index (χ2n) is 8.58. The molecule has 2 fully saturated rings. The van der Waals surface area contributed by atoms with E-state index in [1.54, 1.807) is 11.6 Å². The van der Waals surface area contributed by atoms with Crippen LogP contribution in [0.2, 0.25) is 0 Å². The molecule has 1 amide bonds. The Morgan fingerprint density at radius 2 is 1.86 bits per heavy atom. The summed E-state index contributed by atoms with van der Waals surface area (Å²) in [6, 6.07) is 8.13. The van der Waals surface area contributed by atoms with E-state index in [1.165, 1.54) is 44.8 Å². The Morgan fingerprint density at radius 1 is 1.18 bits per heavy atom. The van der Waals surface area contributed by atoms with Crippen LogP contribution in [0.25, 0.3) is 6.08 Å². The average molecular weight is 387 g/mol. The highest BCUT2D eigenvalue weighted by atomic mass is 16.5. The monoisotopic (exact) mass is 386 g/mol. The van der Waals surface area contributed by atoms with Gasteiger partial charge in [-0.15, -0.1) is 0 Å². The Hall–Kier alpha value is -1.89. The number of hydrogen-bond acceptors (Lipinski definition) is 5. The van der Waals surface area contributed by atoms with Crippen LogP contribution in [0, 0.1) is 5.41 Å². The van der Waals surface area contributed by atoms with Crippen molar-refractivity contribution in [2.75, 3.05) is 58.3 Å². The molecule has 6 heteroatoms. The lowest BCUT2D eigenvalue weighted by Gasteiger charge is -2.42. The number of anilines is 1. The first-order chi connectivity index (χ1) is 13.5. The summed E-state index contributed by atoms with van der Waals surface area (Å²) in [4.78, 5) is 18.7. The van der Waals surface area contributed by atoms with E-state index in [0.29, 0.717) is 5.41 Å². The van der Waals surface area contributed by atoms with Crippen LogP contribution in [0.5, 0.6) is 0 Å². The van der Waals surface area contributed by atoms with Gasteiger partial charge in [0.15, 0.2) is 0 Å². The van der Waals surface area contributed by atoms with Gasteiger partial charge in [-0.25, -0.2) is 5.48 Å². The third kappa shape index (κ3) is 5.34. The van der Waals surface area contributed by atoms with Crippen LogP contribution in [0.4, 0.5) is 5.69 Å². The zero-order chi connectivity index (χ0) is 20.0. The number of nitrogens with zero attached hydrogens (tertiary/aromatic N) is 3. The number of piperazine rings is 1. The van der Waals surface area contributed by atoms with Gasteiger partial charge in [0.05, 0.1) is 0 Å². The van der Waals surface area contributed by atoms with Crippen molar-refractivity contribution in [3.8, 4) is 0 Å². The molecule has 0 atom stereocenters. The number of carbonyl (C=O) groups excluding carboxylic acids is 1. The maximum absolute atomic E-state index is 11.3. The Bertz CT molecular complexity index is 675. The molecule has 6 nitrogen and oxygen atoms in total. The summed E-state index contributed by atoms with van der Waals surface area (Å²) >= 11 is 0. The minimum absolute atomic E-state index is 0.462. The van der Waals surface area contributed by atoms with Crippen molar-refractivity contribution in [3.63, 3.8) is 0 Å². The predicted octanol–water partition coefficient (Wildman–Crippen LogP) is 2.45. The van der Waals surface area contributed by atoms with E-state index in [1.807, 2.05) is 18.2 Å². The SMILES string of the molecule is CN(C)CC1(CN2CCN(c3ccccc3C=CC(=O)NO)CC2)CCCC1. The number of amides is 1. The smallest absolute Gasteiger partial charge is 0.267 e. The first-order valence-corrected chi connectivity index (χ1v) is 10.3. The molecule has 1 aromatic carbocycles. The lowest BCUT2D eigenvalue weighted by atomic mass is 9.84. The lowest BCUT2D eigenvalue weighted by molar-refractivity contribution is -0.124. The van der Waals surface area contributed by atoms with Crippen LogP contribution in [-0.4, -0.2) is 74.3 Å². The van der Waals surface area contributed by atoms with Crippen LogP contribution >= 0.6 is 0 Å². The van der Waals surface area contributed by atoms with E-state index in [4.69, 9.17) is 5.21 Å². The normalized spacial score (nSPS) is 20.2. The zero-order valence-electron chi connectivity index (χ0n) is 17.2. The molecule has 0 bridgehead atoms.